The van der Waals surface area contributed by atoms with Crippen LogP contribution in [0.5, 0.6) is 0 Å². The van der Waals surface area contributed by atoms with E-state index >= 15 is 0 Å². The van der Waals surface area contributed by atoms with E-state index in [1.54, 1.807) is 0 Å². The standard InChI is InChI=1S/C18H21N3O2S/c22-17(15-12-24-16(20-15)14-4-2-1-3-5-14)21-10-11-23-18(13-21)6-8-19-9-7-18/h1-5,12,19H,6-11,13H2. The molecule has 1 aromatic heterocycles. The molecule has 2 aliphatic heterocycles. The number of piperidine rings is 1. The predicted octanol–water partition coefficient (Wildman–Crippen LogP) is 2.40. The molecular weight excluding hydrogens is 322 g/mol. The molecule has 126 valence electrons. The maximum atomic E-state index is 12.9. The van der Waals surface area contributed by atoms with E-state index in [1.807, 2.05) is 40.6 Å². The van der Waals surface area contributed by atoms with E-state index in [4.69, 9.17) is 4.74 Å². The van der Waals surface area contributed by atoms with Crippen molar-refractivity contribution in [3.63, 3.8) is 0 Å². The number of morpholine rings is 1. The monoisotopic (exact) mass is 343 g/mol. The summed E-state index contributed by atoms with van der Waals surface area (Å²) >= 11 is 1.52. The molecule has 3 heterocycles. The third-order valence-corrected chi connectivity index (χ3v) is 5.69. The largest absolute Gasteiger partial charge is 0.371 e. The van der Waals surface area contributed by atoms with Gasteiger partial charge >= 0.3 is 0 Å². The van der Waals surface area contributed by atoms with Crippen LogP contribution in [0.1, 0.15) is 23.3 Å². The van der Waals surface area contributed by atoms with Gasteiger partial charge in [-0.3, -0.25) is 4.79 Å². The highest BCUT2D eigenvalue weighted by Gasteiger charge is 2.39. The van der Waals surface area contributed by atoms with Crippen LogP contribution in [0.2, 0.25) is 0 Å². The maximum Gasteiger partial charge on any atom is 0.273 e. The van der Waals surface area contributed by atoms with Gasteiger partial charge in [-0.1, -0.05) is 30.3 Å². The third-order valence-electron chi connectivity index (χ3n) is 4.79. The van der Waals surface area contributed by atoms with Crippen molar-refractivity contribution in [3.05, 3.63) is 41.4 Å². The Labute approximate surface area is 145 Å². The van der Waals surface area contributed by atoms with Crippen molar-refractivity contribution >= 4 is 17.2 Å². The number of ether oxygens (including phenoxy) is 1. The second-order valence-corrected chi connectivity index (χ2v) is 7.27. The average molecular weight is 343 g/mol. The van der Waals surface area contributed by atoms with Crippen LogP contribution in [0.15, 0.2) is 35.7 Å². The fraction of sp³-hybridized carbons (Fsp3) is 0.444. The molecule has 5 nitrogen and oxygen atoms in total. The van der Waals surface area contributed by atoms with Crippen LogP contribution < -0.4 is 5.32 Å². The molecule has 0 atom stereocenters. The molecule has 2 saturated heterocycles. The summed E-state index contributed by atoms with van der Waals surface area (Å²) < 4.78 is 6.05. The van der Waals surface area contributed by atoms with Gasteiger partial charge < -0.3 is 15.0 Å². The van der Waals surface area contributed by atoms with Gasteiger partial charge in [0.15, 0.2) is 0 Å². The van der Waals surface area contributed by atoms with Crippen molar-refractivity contribution in [1.82, 2.24) is 15.2 Å². The van der Waals surface area contributed by atoms with Gasteiger partial charge in [0.1, 0.15) is 10.7 Å². The van der Waals surface area contributed by atoms with Crippen LogP contribution in [-0.2, 0) is 4.74 Å². The molecule has 2 aliphatic rings. The molecule has 2 fully saturated rings. The van der Waals surface area contributed by atoms with Gasteiger partial charge in [-0.05, 0) is 25.9 Å². The summed E-state index contributed by atoms with van der Waals surface area (Å²) in [7, 11) is 0. The molecule has 2 aromatic rings. The second-order valence-electron chi connectivity index (χ2n) is 6.41. The lowest BCUT2D eigenvalue weighted by Crippen LogP contribution is -2.57. The van der Waals surface area contributed by atoms with Crippen LogP contribution in [0, 0.1) is 0 Å². The van der Waals surface area contributed by atoms with E-state index < -0.39 is 0 Å². The molecule has 0 unspecified atom stereocenters. The first kappa shape index (κ1) is 15.7. The molecule has 1 amide bonds. The van der Waals surface area contributed by atoms with Gasteiger partial charge in [0.2, 0.25) is 0 Å². The fourth-order valence-electron chi connectivity index (χ4n) is 3.45. The zero-order valence-corrected chi connectivity index (χ0v) is 14.3. The third kappa shape index (κ3) is 3.09. The Morgan fingerprint density at radius 2 is 2.04 bits per heavy atom. The van der Waals surface area contributed by atoms with Crippen LogP contribution in [0.4, 0.5) is 0 Å². The molecule has 0 radical (unpaired) electrons. The average Bonchev–Trinajstić information content (AvgIpc) is 3.13. The Morgan fingerprint density at radius 3 is 2.83 bits per heavy atom. The van der Waals surface area contributed by atoms with Crippen molar-refractivity contribution in [1.29, 1.82) is 0 Å². The van der Waals surface area contributed by atoms with Gasteiger partial charge in [-0.2, -0.15) is 0 Å². The van der Waals surface area contributed by atoms with Crippen LogP contribution in [0.3, 0.4) is 0 Å². The highest BCUT2D eigenvalue weighted by Crippen LogP contribution is 2.29. The number of hydrogen-bond donors (Lipinski definition) is 1. The molecule has 0 saturated carbocycles. The quantitative estimate of drug-likeness (QED) is 0.910. The van der Waals surface area contributed by atoms with Gasteiger partial charge in [0.25, 0.3) is 5.91 Å². The van der Waals surface area contributed by atoms with Crippen molar-refractivity contribution in [3.8, 4) is 10.6 Å². The summed E-state index contributed by atoms with van der Waals surface area (Å²) in [5, 5.41) is 6.12. The van der Waals surface area contributed by atoms with E-state index in [-0.39, 0.29) is 11.5 Å². The minimum Gasteiger partial charge on any atom is -0.371 e. The number of carbonyl (C=O) groups is 1. The number of rotatable bonds is 2. The Bertz CT molecular complexity index is 705. The van der Waals surface area contributed by atoms with Crippen molar-refractivity contribution in [2.45, 2.75) is 18.4 Å². The summed E-state index contributed by atoms with van der Waals surface area (Å²) in [6, 6.07) is 10.00. The Balaban J connectivity index is 1.50. The SMILES string of the molecule is O=C(c1csc(-c2ccccc2)n1)N1CCOC2(CCNCC2)C1. The molecule has 24 heavy (non-hydrogen) atoms. The number of nitrogens with zero attached hydrogens (tertiary/aromatic N) is 2. The number of thiazole rings is 1. The summed E-state index contributed by atoms with van der Waals surface area (Å²) in [6.45, 7) is 3.84. The molecule has 4 rings (SSSR count). The maximum absolute atomic E-state index is 12.9. The zero-order valence-electron chi connectivity index (χ0n) is 13.5. The van der Waals surface area contributed by atoms with E-state index in [9.17, 15) is 4.79 Å². The van der Waals surface area contributed by atoms with E-state index in [2.05, 4.69) is 10.3 Å². The van der Waals surface area contributed by atoms with Crippen LogP contribution in [-0.4, -0.2) is 54.2 Å². The lowest BCUT2D eigenvalue weighted by Gasteiger charge is -2.44. The minimum absolute atomic E-state index is 0.0228. The lowest BCUT2D eigenvalue weighted by atomic mass is 9.90. The van der Waals surface area contributed by atoms with Gasteiger partial charge in [0, 0.05) is 17.5 Å². The van der Waals surface area contributed by atoms with Gasteiger partial charge in [0.05, 0.1) is 18.8 Å². The lowest BCUT2D eigenvalue weighted by molar-refractivity contribution is -0.114. The molecular formula is C18H21N3O2S. The zero-order chi connectivity index (χ0) is 16.4. The first-order valence-corrected chi connectivity index (χ1v) is 9.29. The smallest absolute Gasteiger partial charge is 0.273 e. The Morgan fingerprint density at radius 1 is 1.25 bits per heavy atom. The Hall–Kier alpha value is -1.76. The first-order valence-electron chi connectivity index (χ1n) is 8.41. The van der Waals surface area contributed by atoms with Gasteiger partial charge in [-0.25, -0.2) is 4.98 Å². The molecule has 1 spiro atoms. The normalized spacial score (nSPS) is 20.2. The number of nitrogens with one attached hydrogen (secondary N) is 1. The molecule has 0 bridgehead atoms. The number of carbonyl (C=O) groups excluding carboxylic acids is 1. The summed E-state index contributed by atoms with van der Waals surface area (Å²) in [4.78, 5) is 19.3. The first-order chi connectivity index (χ1) is 11.8. The van der Waals surface area contributed by atoms with Crippen molar-refractivity contribution in [2.24, 2.45) is 0 Å². The van der Waals surface area contributed by atoms with Crippen molar-refractivity contribution < 1.29 is 9.53 Å². The fourth-order valence-corrected chi connectivity index (χ4v) is 4.25. The number of benzene rings is 1. The van der Waals surface area contributed by atoms with Gasteiger partial charge in [-0.15, -0.1) is 11.3 Å². The molecule has 1 aromatic carbocycles. The molecule has 6 heteroatoms. The van der Waals surface area contributed by atoms with Crippen molar-refractivity contribution in [2.75, 3.05) is 32.8 Å². The second kappa shape index (κ2) is 6.63. The molecule has 1 N–H and O–H groups in total. The minimum atomic E-state index is -0.169. The predicted molar refractivity (Wildman–Crippen MR) is 94.2 cm³/mol. The number of amides is 1. The highest BCUT2D eigenvalue weighted by atomic mass is 32.1. The molecule has 0 aliphatic carbocycles. The van der Waals surface area contributed by atoms with E-state index in [0.717, 1.165) is 36.5 Å². The summed E-state index contributed by atoms with van der Waals surface area (Å²) in [5.74, 6) is 0.0228. The summed E-state index contributed by atoms with van der Waals surface area (Å²) in [5.41, 5.74) is 1.43. The van der Waals surface area contributed by atoms with Crippen LogP contribution >= 0.6 is 11.3 Å². The van der Waals surface area contributed by atoms with E-state index in [0.29, 0.717) is 25.4 Å². The summed E-state index contributed by atoms with van der Waals surface area (Å²) in [6.07, 6.45) is 1.92. The number of hydrogen-bond acceptors (Lipinski definition) is 5. The topological polar surface area (TPSA) is 54.5 Å². The highest BCUT2D eigenvalue weighted by molar-refractivity contribution is 7.13. The number of aromatic nitrogens is 1. The van der Waals surface area contributed by atoms with E-state index in [1.165, 1.54) is 11.3 Å². The van der Waals surface area contributed by atoms with Crippen LogP contribution in [0.25, 0.3) is 10.6 Å². The Kier molecular flexibility index (Phi) is 4.35.